The first-order valence-electron chi connectivity index (χ1n) is 6.29. The molecule has 1 rings (SSSR count). The Hall–Kier alpha value is -1.15. The van der Waals surface area contributed by atoms with Gasteiger partial charge >= 0.3 is 0 Å². The summed E-state index contributed by atoms with van der Waals surface area (Å²) in [4.78, 5) is 6.88. The Morgan fingerprint density at radius 3 is 2.65 bits per heavy atom. The molecule has 0 N–H and O–H groups in total. The molecule has 1 aliphatic heterocycles. The van der Waals surface area contributed by atoms with E-state index in [1.165, 1.54) is 5.57 Å². The van der Waals surface area contributed by atoms with E-state index in [1.54, 1.807) is 6.20 Å². The minimum Gasteiger partial charge on any atom is -0.294 e. The first kappa shape index (κ1) is 13.9. The highest BCUT2D eigenvalue weighted by Gasteiger charge is 2.29. The van der Waals surface area contributed by atoms with Crippen molar-refractivity contribution < 1.29 is 0 Å². The molecule has 1 saturated heterocycles. The van der Waals surface area contributed by atoms with Gasteiger partial charge in [0.05, 0.1) is 0 Å². The predicted molar refractivity (Wildman–Crippen MR) is 76.5 cm³/mol. The summed E-state index contributed by atoms with van der Waals surface area (Å²) in [6, 6.07) is 0. The number of aliphatic imine (C=N–C) groups is 1. The second-order valence-corrected chi connectivity index (χ2v) is 5.02. The van der Waals surface area contributed by atoms with Crippen LogP contribution in [0, 0.1) is 0 Å². The molecule has 0 aromatic rings. The fraction of sp³-hybridized carbons (Fsp3) is 0.533. The smallest absolute Gasteiger partial charge is 0.0461 e. The summed E-state index contributed by atoms with van der Waals surface area (Å²) in [7, 11) is 0. The molecule has 1 heterocycles. The normalized spacial score (nSPS) is 23.0. The summed E-state index contributed by atoms with van der Waals surface area (Å²) < 4.78 is 0. The van der Waals surface area contributed by atoms with E-state index in [-0.39, 0.29) is 5.54 Å². The van der Waals surface area contributed by atoms with Crippen LogP contribution in [0.25, 0.3) is 0 Å². The molecular formula is C15H24N2. The summed E-state index contributed by atoms with van der Waals surface area (Å²) in [6.45, 7) is 16.3. The maximum atomic E-state index is 4.36. The van der Waals surface area contributed by atoms with Gasteiger partial charge in [-0.05, 0) is 25.8 Å². The van der Waals surface area contributed by atoms with Crippen molar-refractivity contribution in [1.82, 2.24) is 4.90 Å². The van der Waals surface area contributed by atoms with Gasteiger partial charge in [0.2, 0.25) is 0 Å². The number of piperidine rings is 1. The molecule has 0 saturated carbocycles. The lowest BCUT2D eigenvalue weighted by molar-refractivity contribution is 0.128. The SMILES string of the molecule is C=C/C=C1/CN(C(C)(C)CC)CC/C1=N/C=C. The van der Waals surface area contributed by atoms with Gasteiger partial charge in [-0.15, -0.1) is 0 Å². The third kappa shape index (κ3) is 3.40. The number of hydrogen-bond acceptors (Lipinski definition) is 2. The van der Waals surface area contributed by atoms with Gasteiger partial charge in [0, 0.05) is 37.0 Å². The molecular weight excluding hydrogens is 208 g/mol. The Balaban J connectivity index is 2.90. The van der Waals surface area contributed by atoms with Gasteiger partial charge < -0.3 is 0 Å². The Morgan fingerprint density at radius 2 is 2.12 bits per heavy atom. The lowest BCUT2D eigenvalue weighted by Crippen LogP contribution is -2.48. The standard InChI is InChI=1S/C15H24N2/c1-6-9-13-12-17(15(4,5)7-2)11-10-14(13)16-8-3/h6,8-9H,1,3,7,10-12H2,2,4-5H3/b13-9-,16-14-. The van der Waals surface area contributed by atoms with Crippen LogP contribution in [0.4, 0.5) is 0 Å². The van der Waals surface area contributed by atoms with E-state index < -0.39 is 0 Å². The van der Waals surface area contributed by atoms with Gasteiger partial charge in [-0.2, -0.15) is 0 Å². The minimum atomic E-state index is 0.250. The molecule has 0 amide bonds. The third-order valence-electron chi connectivity index (χ3n) is 3.64. The van der Waals surface area contributed by atoms with E-state index in [1.807, 2.05) is 6.08 Å². The van der Waals surface area contributed by atoms with Crippen LogP contribution >= 0.6 is 0 Å². The molecule has 2 nitrogen and oxygen atoms in total. The largest absolute Gasteiger partial charge is 0.294 e. The van der Waals surface area contributed by atoms with E-state index >= 15 is 0 Å². The van der Waals surface area contributed by atoms with Crippen LogP contribution in [0.3, 0.4) is 0 Å². The minimum absolute atomic E-state index is 0.250. The molecule has 94 valence electrons. The quantitative estimate of drug-likeness (QED) is 0.723. The molecule has 2 heteroatoms. The van der Waals surface area contributed by atoms with E-state index in [9.17, 15) is 0 Å². The molecule has 0 spiro atoms. The highest BCUT2D eigenvalue weighted by atomic mass is 15.2. The molecule has 0 aromatic carbocycles. The van der Waals surface area contributed by atoms with E-state index in [0.29, 0.717) is 0 Å². The lowest BCUT2D eigenvalue weighted by Gasteiger charge is -2.41. The van der Waals surface area contributed by atoms with Gasteiger partial charge in [-0.1, -0.05) is 32.2 Å². The monoisotopic (exact) mass is 232 g/mol. The Bertz CT molecular complexity index is 348. The number of allylic oxidation sites excluding steroid dienone is 2. The topological polar surface area (TPSA) is 15.6 Å². The van der Waals surface area contributed by atoms with Crippen LogP contribution in [0.15, 0.2) is 42.1 Å². The average molecular weight is 232 g/mol. The maximum absolute atomic E-state index is 4.36. The molecule has 0 aromatic heterocycles. The van der Waals surface area contributed by atoms with Crippen molar-refractivity contribution in [2.45, 2.75) is 39.2 Å². The third-order valence-corrected chi connectivity index (χ3v) is 3.64. The van der Waals surface area contributed by atoms with Crippen molar-refractivity contribution in [2.75, 3.05) is 13.1 Å². The van der Waals surface area contributed by atoms with E-state index in [4.69, 9.17) is 0 Å². The van der Waals surface area contributed by atoms with Gasteiger partial charge in [0.1, 0.15) is 0 Å². The Morgan fingerprint density at radius 1 is 1.41 bits per heavy atom. The van der Waals surface area contributed by atoms with Crippen LogP contribution in [0.5, 0.6) is 0 Å². The molecule has 1 fully saturated rings. The maximum Gasteiger partial charge on any atom is 0.0461 e. The summed E-state index contributed by atoms with van der Waals surface area (Å²) in [6.07, 6.45) is 7.70. The average Bonchev–Trinajstić information content (AvgIpc) is 2.32. The lowest BCUT2D eigenvalue weighted by atomic mass is 9.93. The van der Waals surface area contributed by atoms with Crippen LogP contribution < -0.4 is 0 Å². The van der Waals surface area contributed by atoms with Gasteiger partial charge in [0.25, 0.3) is 0 Å². The van der Waals surface area contributed by atoms with Crippen LogP contribution in [-0.4, -0.2) is 29.2 Å². The molecule has 0 aliphatic carbocycles. The Labute approximate surface area is 105 Å². The number of hydrogen-bond donors (Lipinski definition) is 0. The van der Waals surface area contributed by atoms with Crippen molar-refractivity contribution in [1.29, 1.82) is 0 Å². The second-order valence-electron chi connectivity index (χ2n) is 5.02. The molecule has 1 aliphatic rings. The van der Waals surface area contributed by atoms with Crippen molar-refractivity contribution in [3.63, 3.8) is 0 Å². The van der Waals surface area contributed by atoms with Crippen molar-refractivity contribution in [3.05, 3.63) is 37.1 Å². The molecule has 0 atom stereocenters. The number of likely N-dealkylation sites (tertiary alicyclic amines) is 1. The van der Waals surface area contributed by atoms with Crippen molar-refractivity contribution in [2.24, 2.45) is 4.99 Å². The van der Waals surface area contributed by atoms with E-state index in [2.05, 4.69) is 49.9 Å². The zero-order valence-corrected chi connectivity index (χ0v) is 11.4. The van der Waals surface area contributed by atoms with Crippen LogP contribution in [0.1, 0.15) is 33.6 Å². The predicted octanol–water partition coefficient (Wildman–Crippen LogP) is 3.58. The second kappa shape index (κ2) is 5.97. The number of rotatable bonds is 4. The van der Waals surface area contributed by atoms with Crippen molar-refractivity contribution in [3.8, 4) is 0 Å². The fourth-order valence-electron chi connectivity index (χ4n) is 2.07. The zero-order valence-electron chi connectivity index (χ0n) is 11.4. The van der Waals surface area contributed by atoms with Crippen molar-refractivity contribution >= 4 is 5.71 Å². The number of nitrogens with zero attached hydrogens (tertiary/aromatic N) is 2. The first-order chi connectivity index (χ1) is 8.05. The highest BCUT2D eigenvalue weighted by Crippen LogP contribution is 2.25. The zero-order chi connectivity index (χ0) is 12.9. The molecule has 0 unspecified atom stereocenters. The molecule has 17 heavy (non-hydrogen) atoms. The molecule has 0 bridgehead atoms. The Kier molecular flexibility index (Phi) is 4.88. The van der Waals surface area contributed by atoms with Crippen LogP contribution in [0.2, 0.25) is 0 Å². The summed E-state index contributed by atoms with van der Waals surface area (Å²) in [5, 5.41) is 0. The first-order valence-corrected chi connectivity index (χ1v) is 6.29. The molecule has 0 radical (unpaired) electrons. The summed E-state index contributed by atoms with van der Waals surface area (Å²) in [5.74, 6) is 0. The van der Waals surface area contributed by atoms with Gasteiger partial charge in [0.15, 0.2) is 0 Å². The summed E-state index contributed by atoms with van der Waals surface area (Å²) in [5.41, 5.74) is 2.68. The van der Waals surface area contributed by atoms with Gasteiger partial charge in [-0.25, -0.2) is 0 Å². The van der Waals surface area contributed by atoms with E-state index in [0.717, 1.165) is 31.6 Å². The summed E-state index contributed by atoms with van der Waals surface area (Å²) >= 11 is 0. The highest BCUT2D eigenvalue weighted by molar-refractivity contribution is 6.01. The van der Waals surface area contributed by atoms with Crippen LogP contribution in [-0.2, 0) is 0 Å². The fourth-order valence-corrected chi connectivity index (χ4v) is 2.07. The van der Waals surface area contributed by atoms with Gasteiger partial charge in [-0.3, -0.25) is 9.89 Å².